The van der Waals surface area contributed by atoms with Crippen LogP contribution in [0.3, 0.4) is 0 Å². The van der Waals surface area contributed by atoms with E-state index in [0.717, 1.165) is 0 Å². The highest BCUT2D eigenvalue weighted by Gasteiger charge is 2.26. The molecule has 2 N–H and O–H groups in total. The molecule has 3 rings (SSSR count). The molecule has 1 atom stereocenters. The molecule has 2 amide bonds. The lowest BCUT2D eigenvalue weighted by molar-refractivity contribution is -0.113. The largest absolute Gasteiger partial charge is 0.342 e. The van der Waals surface area contributed by atoms with Crippen LogP contribution in [0.2, 0.25) is 25.1 Å². The number of benzene rings is 2. The van der Waals surface area contributed by atoms with Gasteiger partial charge in [-0.05, 0) is 36.2 Å². The van der Waals surface area contributed by atoms with Crippen molar-refractivity contribution in [3.63, 3.8) is 0 Å². The smallest absolute Gasteiger partial charge is 0.253 e. The standard InChI is InChI=1S/C22H20Cl5N5O2S/c1-10(2)19(29-21(34)12-5-4-11(23)6-13(12)24)20-30-31-22(32(20)3)35-9-18(33)28-17-8-15(26)14(25)7-16(17)27/h4-8,10,19H,9H2,1-3H3,(H,28,33)(H,29,34)/t19-/m0/s1. The first-order valence-corrected chi connectivity index (χ1v) is 13.1. The van der Waals surface area contributed by atoms with Crippen molar-refractivity contribution in [2.75, 3.05) is 11.1 Å². The van der Waals surface area contributed by atoms with Gasteiger partial charge in [-0.2, -0.15) is 0 Å². The van der Waals surface area contributed by atoms with Crippen LogP contribution in [0.4, 0.5) is 5.69 Å². The van der Waals surface area contributed by atoms with Gasteiger partial charge in [0, 0.05) is 12.1 Å². The third-order valence-electron chi connectivity index (χ3n) is 4.89. The molecule has 186 valence electrons. The summed E-state index contributed by atoms with van der Waals surface area (Å²) in [5.74, 6) is -0.104. The van der Waals surface area contributed by atoms with Crippen molar-refractivity contribution in [2.45, 2.75) is 25.0 Å². The third kappa shape index (κ3) is 6.96. The molecule has 3 aromatic rings. The predicted molar refractivity (Wildman–Crippen MR) is 143 cm³/mol. The zero-order valence-corrected chi connectivity index (χ0v) is 23.3. The van der Waals surface area contributed by atoms with Crippen LogP contribution < -0.4 is 10.6 Å². The van der Waals surface area contributed by atoms with Gasteiger partial charge in [0.1, 0.15) is 0 Å². The van der Waals surface area contributed by atoms with Crippen LogP contribution in [-0.4, -0.2) is 32.3 Å². The van der Waals surface area contributed by atoms with E-state index in [1.165, 1.54) is 30.0 Å². The van der Waals surface area contributed by atoms with Crippen LogP contribution in [-0.2, 0) is 11.8 Å². The molecule has 0 saturated heterocycles. The van der Waals surface area contributed by atoms with E-state index >= 15 is 0 Å². The van der Waals surface area contributed by atoms with Gasteiger partial charge in [-0.1, -0.05) is 83.6 Å². The van der Waals surface area contributed by atoms with Gasteiger partial charge in [0.2, 0.25) is 5.91 Å². The Morgan fingerprint density at radius 1 is 0.971 bits per heavy atom. The van der Waals surface area contributed by atoms with Crippen molar-refractivity contribution in [3.8, 4) is 0 Å². The molecule has 7 nitrogen and oxygen atoms in total. The van der Waals surface area contributed by atoms with E-state index < -0.39 is 6.04 Å². The summed E-state index contributed by atoms with van der Waals surface area (Å²) in [6, 6.07) is 7.16. The maximum atomic E-state index is 12.9. The first kappa shape index (κ1) is 27.9. The number of nitrogens with one attached hydrogen (secondary N) is 2. The van der Waals surface area contributed by atoms with Crippen LogP contribution in [0.15, 0.2) is 35.5 Å². The van der Waals surface area contributed by atoms with Gasteiger partial charge in [-0.3, -0.25) is 9.59 Å². The lowest BCUT2D eigenvalue weighted by Gasteiger charge is -2.22. The van der Waals surface area contributed by atoms with E-state index in [1.807, 2.05) is 13.8 Å². The summed E-state index contributed by atoms with van der Waals surface area (Å²) < 4.78 is 1.73. The molecule has 0 aliphatic carbocycles. The Morgan fingerprint density at radius 3 is 2.31 bits per heavy atom. The highest BCUT2D eigenvalue weighted by atomic mass is 35.5. The van der Waals surface area contributed by atoms with Gasteiger partial charge < -0.3 is 15.2 Å². The molecule has 2 aromatic carbocycles. The molecule has 0 aliphatic heterocycles. The van der Waals surface area contributed by atoms with Gasteiger partial charge in [-0.15, -0.1) is 10.2 Å². The average molecular weight is 596 g/mol. The molecule has 0 spiro atoms. The topological polar surface area (TPSA) is 88.9 Å². The number of carbonyl (C=O) groups excluding carboxylic acids is 2. The number of thioether (sulfide) groups is 1. The summed E-state index contributed by atoms with van der Waals surface area (Å²) >= 11 is 31.3. The number of anilines is 1. The quantitative estimate of drug-likeness (QED) is 0.218. The average Bonchev–Trinajstić information content (AvgIpc) is 3.14. The van der Waals surface area contributed by atoms with Crippen molar-refractivity contribution in [1.82, 2.24) is 20.1 Å². The highest BCUT2D eigenvalue weighted by molar-refractivity contribution is 7.99. The zero-order chi connectivity index (χ0) is 25.9. The van der Waals surface area contributed by atoms with Crippen molar-refractivity contribution in [2.24, 2.45) is 13.0 Å². The summed E-state index contributed by atoms with van der Waals surface area (Å²) in [6.45, 7) is 3.90. The number of aromatic nitrogens is 3. The van der Waals surface area contributed by atoms with Crippen molar-refractivity contribution >= 4 is 87.3 Å². The summed E-state index contributed by atoms with van der Waals surface area (Å²) in [4.78, 5) is 25.3. The Morgan fingerprint density at radius 2 is 1.66 bits per heavy atom. The molecule has 0 aliphatic rings. The van der Waals surface area contributed by atoms with E-state index in [4.69, 9.17) is 58.0 Å². The molecular weight excluding hydrogens is 576 g/mol. The van der Waals surface area contributed by atoms with Crippen LogP contribution in [0, 0.1) is 5.92 Å². The van der Waals surface area contributed by atoms with E-state index in [9.17, 15) is 9.59 Å². The minimum absolute atomic E-state index is 0.00845. The summed E-state index contributed by atoms with van der Waals surface area (Å²) in [6.07, 6.45) is 0. The van der Waals surface area contributed by atoms with E-state index in [1.54, 1.807) is 23.7 Å². The first-order valence-electron chi connectivity index (χ1n) is 10.2. The summed E-state index contributed by atoms with van der Waals surface area (Å²) in [7, 11) is 1.77. The minimum Gasteiger partial charge on any atom is -0.342 e. The van der Waals surface area contributed by atoms with Gasteiger partial charge in [0.25, 0.3) is 5.91 Å². The second-order valence-electron chi connectivity index (χ2n) is 7.80. The molecule has 0 saturated carbocycles. The van der Waals surface area contributed by atoms with Crippen LogP contribution in [0.5, 0.6) is 0 Å². The molecule has 0 bridgehead atoms. The van der Waals surface area contributed by atoms with Gasteiger partial charge in [0.05, 0.1) is 43.1 Å². The lowest BCUT2D eigenvalue weighted by Crippen LogP contribution is -2.33. The second kappa shape index (κ2) is 12.0. The Labute approximate surface area is 231 Å². The number of carbonyl (C=O) groups is 2. The Bertz CT molecular complexity index is 1270. The molecule has 35 heavy (non-hydrogen) atoms. The predicted octanol–water partition coefficient (Wildman–Crippen LogP) is 6.94. The van der Waals surface area contributed by atoms with Gasteiger partial charge >= 0.3 is 0 Å². The first-order chi connectivity index (χ1) is 16.5. The number of nitrogens with zero attached hydrogens (tertiary/aromatic N) is 3. The lowest BCUT2D eigenvalue weighted by atomic mass is 10.0. The SMILES string of the molecule is CC(C)[C@H](NC(=O)c1ccc(Cl)cc1Cl)c1nnc(SCC(=O)Nc2cc(Cl)c(Cl)cc2Cl)n1C. The van der Waals surface area contributed by atoms with Gasteiger partial charge in [0.15, 0.2) is 11.0 Å². The minimum atomic E-state index is -0.454. The molecule has 0 fully saturated rings. The van der Waals surface area contributed by atoms with Crippen molar-refractivity contribution < 1.29 is 9.59 Å². The van der Waals surface area contributed by atoms with Crippen molar-refractivity contribution in [1.29, 1.82) is 0 Å². The molecule has 0 radical (unpaired) electrons. The van der Waals surface area contributed by atoms with E-state index in [0.29, 0.717) is 32.3 Å². The highest BCUT2D eigenvalue weighted by Crippen LogP contribution is 2.32. The molecule has 0 unspecified atom stereocenters. The van der Waals surface area contributed by atoms with E-state index in [-0.39, 0.29) is 38.6 Å². The van der Waals surface area contributed by atoms with Crippen LogP contribution >= 0.6 is 69.8 Å². The number of rotatable bonds is 8. The maximum Gasteiger partial charge on any atom is 0.253 e. The van der Waals surface area contributed by atoms with E-state index in [2.05, 4.69) is 20.8 Å². The Balaban J connectivity index is 1.69. The summed E-state index contributed by atoms with van der Waals surface area (Å²) in [5, 5.41) is 16.1. The fourth-order valence-corrected chi connectivity index (χ4v) is 4.89. The number of hydrogen-bond acceptors (Lipinski definition) is 5. The number of hydrogen-bond donors (Lipinski definition) is 2. The monoisotopic (exact) mass is 593 g/mol. The third-order valence-corrected chi connectivity index (χ3v) is 7.50. The fraction of sp³-hybridized carbons (Fsp3) is 0.273. The molecule has 1 aromatic heterocycles. The zero-order valence-electron chi connectivity index (χ0n) is 18.7. The van der Waals surface area contributed by atoms with Crippen molar-refractivity contribution in [3.05, 3.63) is 66.8 Å². The van der Waals surface area contributed by atoms with Crippen LogP contribution in [0.25, 0.3) is 0 Å². The number of halogens is 5. The molecular formula is C22H20Cl5N5O2S. The Hall–Kier alpha value is -1.68. The normalized spacial score (nSPS) is 12.0. The van der Waals surface area contributed by atoms with Gasteiger partial charge in [-0.25, -0.2) is 0 Å². The fourth-order valence-electron chi connectivity index (χ4n) is 3.08. The molecule has 1 heterocycles. The summed E-state index contributed by atoms with van der Waals surface area (Å²) in [5.41, 5.74) is 0.657. The maximum absolute atomic E-state index is 12.9. The van der Waals surface area contributed by atoms with Crippen LogP contribution in [0.1, 0.15) is 36.1 Å². The second-order valence-corrected chi connectivity index (χ2v) is 10.8. The molecule has 13 heteroatoms. The Kier molecular flexibility index (Phi) is 9.60. The number of amides is 2.